The zero-order valence-electron chi connectivity index (χ0n) is 11.7. The zero-order valence-corrected chi connectivity index (χ0v) is 11.7. The fourth-order valence-corrected chi connectivity index (χ4v) is 2.79. The van der Waals surface area contributed by atoms with Crippen LogP contribution in [0.25, 0.3) is 0 Å². The lowest BCUT2D eigenvalue weighted by atomic mass is 10.1. The first kappa shape index (κ1) is 13.1. The van der Waals surface area contributed by atoms with Gasteiger partial charge < -0.3 is 9.88 Å². The van der Waals surface area contributed by atoms with Crippen molar-refractivity contribution in [3.63, 3.8) is 0 Å². The van der Waals surface area contributed by atoms with Crippen LogP contribution < -0.4 is 5.32 Å². The van der Waals surface area contributed by atoms with E-state index in [9.17, 15) is 4.79 Å². The van der Waals surface area contributed by atoms with Gasteiger partial charge in [0.2, 0.25) is 5.78 Å². The summed E-state index contributed by atoms with van der Waals surface area (Å²) < 4.78 is 3.91. The van der Waals surface area contributed by atoms with Crippen LogP contribution in [0.5, 0.6) is 0 Å². The van der Waals surface area contributed by atoms with Crippen LogP contribution >= 0.6 is 0 Å². The van der Waals surface area contributed by atoms with E-state index in [1.807, 2.05) is 31.5 Å². The molecule has 0 atom stereocenters. The number of aromatic nitrogens is 3. The number of nitrogens with zero attached hydrogens (tertiary/aromatic N) is 3. The summed E-state index contributed by atoms with van der Waals surface area (Å²) in [5.74, 6) is 0.0632. The van der Waals surface area contributed by atoms with Gasteiger partial charge in [0.1, 0.15) is 0 Å². The Kier molecular flexibility index (Phi) is 3.69. The molecule has 0 amide bonds. The van der Waals surface area contributed by atoms with Crippen LogP contribution in [0.1, 0.15) is 41.9 Å². The van der Waals surface area contributed by atoms with Gasteiger partial charge in [0.25, 0.3) is 0 Å². The largest absolute Gasteiger partial charge is 0.342 e. The molecule has 1 aliphatic rings. The molecule has 1 fully saturated rings. The molecule has 2 aromatic heterocycles. The number of carbonyl (C=O) groups is 1. The third kappa shape index (κ3) is 2.41. The van der Waals surface area contributed by atoms with E-state index < -0.39 is 0 Å². The van der Waals surface area contributed by atoms with Gasteiger partial charge in [-0.2, -0.15) is 5.10 Å². The molecule has 1 N–H and O–H groups in total. The van der Waals surface area contributed by atoms with Crippen molar-refractivity contribution in [1.29, 1.82) is 0 Å². The number of hydrogen-bond acceptors (Lipinski definition) is 3. The maximum absolute atomic E-state index is 12.6. The van der Waals surface area contributed by atoms with Crippen molar-refractivity contribution in [3.05, 3.63) is 42.0 Å². The third-order valence-corrected chi connectivity index (χ3v) is 3.93. The number of piperidine rings is 1. The van der Waals surface area contributed by atoms with E-state index in [1.165, 1.54) is 0 Å². The summed E-state index contributed by atoms with van der Waals surface area (Å²) in [4.78, 5) is 12.6. The maximum atomic E-state index is 12.6. The van der Waals surface area contributed by atoms with Gasteiger partial charge in [0.05, 0.1) is 17.5 Å². The van der Waals surface area contributed by atoms with Crippen LogP contribution in [0.15, 0.2) is 30.7 Å². The lowest BCUT2D eigenvalue weighted by molar-refractivity contribution is 0.102. The highest BCUT2D eigenvalue weighted by molar-refractivity contribution is 6.07. The minimum Gasteiger partial charge on any atom is -0.342 e. The second-order valence-electron chi connectivity index (χ2n) is 5.20. The summed E-state index contributed by atoms with van der Waals surface area (Å²) in [6.45, 7) is 4.83. The molecule has 1 aliphatic heterocycles. The Morgan fingerprint density at radius 2 is 2.25 bits per heavy atom. The normalized spacial score (nSPS) is 16.4. The minimum absolute atomic E-state index is 0.0632. The highest BCUT2D eigenvalue weighted by Crippen LogP contribution is 2.22. The topological polar surface area (TPSA) is 51.9 Å². The Morgan fingerprint density at radius 1 is 1.45 bits per heavy atom. The smallest absolute Gasteiger partial charge is 0.212 e. The van der Waals surface area contributed by atoms with Crippen LogP contribution in [0.4, 0.5) is 0 Å². The molecule has 2 aromatic rings. The quantitative estimate of drug-likeness (QED) is 0.864. The Balaban J connectivity index is 1.86. The molecule has 0 radical (unpaired) electrons. The Hall–Kier alpha value is -1.88. The van der Waals surface area contributed by atoms with Crippen molar-refractivity contribution < 1.29 is 4.79 Å². The fraction of sp³-hybridized carbons (Fsp3) is 0.467. The van der Waals surface area contributed by atoms with E-state index in [-0.39, 0.29) is 5.78 Å². The van der Waals surface area contributed by atoms with Gasteiger partial charge in [0, 0.05) is 25.0 Å². The number of carbonyl (C=O) groups excluding carboxylic acids is 1. The molecule has 0 unspecified atom stereocenters. The Labute approximate surface area is 118 Å². The molecule has 20 heavy (non-hydrogen) atoms. The molecular formula is C15H20N4O. The van der Waals surface area contributed by atoms with Gasteiger partial charge in [-0.1, -0.05) is 0 Å². The number of aryl methyl sites for hydroxylation is 1. The van der Waals surface area contributed by atoms with E-state index in [0.29, 0.717) is 11.6 Å². The lowest BCUT2D eigenvalue weighted by Crippen LogP contribution is -2.30. The molecular weight excluding hydrogens is 252 g/mol. The predicted molar refractivity (Wildman–Crippen MR) is 76.9 cm³/mol. The van der Waals surface area contributed by atoms with E-state index >= 15 is 0 Å². The molecule has 0 aliphatic carbocycles. The molecule has 106 valence electrons. The van der Waals surface area contributed by atoms with Gasteiger partial charge in [-0.25, -0.2) is 0 Å². The third-order valence-electron chi connectivity index (χ3n) is 3.93. The Morgan fingerprint density at radius 3 is 2.95 bits per heavy atom. The van der Waals surface area contributed by atoms with Crippen molar-refractivity contribution >= 4 is 5.78 Å². The minimum atomic E-state index is 0.0632. The van der Waals surface area contributed by atoms with Gasteiger partial charge >= 0.3 is 0 Å². The second-order valence-corrected chi connectivity index (χ2v) is 5.20. The average molecular weight is 272 g/mol. The maximum Gasteiger partial charge on any atom is 0.212 e. The molecule has 0 spiro atoms. The van der Waals surface area contributed by atoms with Gasteiger partial charge in [-0.05, 0) is 45.0 Å². The molecule has 3 heterocycles. The van der Waals surface area contributed by atoms with Crippen LogP contribution in [0, 0.1) is 0 Å². The molecule has 0 bridgehead atoms. The van der Waals surface area contributed by atoms with Crippen molar-refractivity contribution in [2.75, 3.05) is 13.1 Å². The van der Waals surface area contributed by atoms with Crippen LogP contribution in [0.3, 0.4) is 0 Å². The highest BCUT2D eigenvalue weighted by atomic mass is 16.1. The van der Waals surface area contributed by atoms with Crippen LogP contribution in [-0.4, -0.2) is 33.2 Å². The molecule has 5 heteroatoms. The lowest BCUT2D eigenvalue weighted by Gasteiger charge is -2.25. The summed E-state index contributed by atoms with van der Waals surface area (Å²) in [7, 11) is 0. The standard InChI is InChI=1S/C15H20N4O/c1-2-18-11-12(10-17-18)15(20)14-4-3-9-19(14)13-5-7-16-8-6-13/h3-4,9-11,13,16H,2,5-8H2,1H3. The fourth-order valence-electron chi connectivity index (χ4n) is 2.79. The Bertz CT molecular complexity index is 593. The average Bonchev–Trinajstić information content (AvgIpc) is 3.16. The summed E-state index contributed by atoms with van der Waals surface area (Å²) >= 11 is 0. The first-order valence-corrected chi connectivity index (χ1v) is 7.24. The van der Waals surface area contributed by atoms with Crippen molar-refractivity contribution in [2.24, 2.45) is 0 Å². The van der Waals surface area contributed by atoms with Gasteiger partial charge in [-0.3, -0.25) is 9.48 Å². The number of nitrogens with one attached hydrogen (secondary N) is 1. The molecule has 1 saturated heterocycles. The van der Waals surface area contributed by atoms with Crippen LogP contribution in [-0.2, 0) is 6.54 Å². The first-order chi connectivity index (χ1) is 9.79. The highest BCUT2D eigenvalue weighted by Gasteiger charge is 2.21. The number of ketones is 1. The first-order valence-electron chi connectivity index (χ1n) is 7.24. The van der Waals surface area contributed by atoms with Crippen molar-refractivity contribution in [3.8, 4) is 0 Å². The van der Waals surface area contributed by atoms with E-state index in [4.69, 9.17) is 0 Å². The number of rotatable bonds is 4. The summed E-state index contributed by atoms with van der Waals surface area (Å²) in [5, 5.41) is 7.54. The summed E-state index contributed by atoms with van der Waals surface area (Å²) in [6, 6.07) is 4.29. The molecule has 0 saturated carbocycles. The summed E-state index contributed by atoms with van der Waals surface area (Å²) in [5.41, 5.74) is 1.44. The van der Waals surface area contributed by atoms with Crippen molar-refractivity contribution in [2.45, 2.75) is 32.4 Å². The predicted octanol–water partition coefficient (Wildman–Crippen LogP) is 1.86. The van der Waals surface area contributed by atoms with Gasteiger partial charge in [-0.15, -0.1) is 0 Å². The summed E-state index contributed by atoms with van der Waals surface area (Å²) in [6.07, 6.45) is 7.65. The van der Waals surface area contributed by atoms with E-state index in [0.717, 1.165) is 38.2 Å². The zero-order chi connectivity index (χ0) is 13.9. The van der Waals surface area contributed by atoms with E-state index in [2.05, 4.69) is 15.0 Å². The monoisotopic (exact) mass is 272 g/mol. The molecule has 0 aromatic carbocycles. The SMILES string of the molecule is CCn1cc(C(=O)c2cccn2C2CCNCC2)cn1. The molecule has 5 nitrogen and oxygen atoms in total. The second kappa shape index (κ2) is 5.63. The van der Waals surface area contributed by atoms with E-state index in [1.54, 1.807) is 10.9 Å². The van der Waals surface area contributed by atoms with Gasteiger partial charge in [0.15, 0.2) is 0 Å². The van der Waals surface area contributed by atoms with Crippen LogP contribution in [0.2, 0.25) is 0 Å². The van der Waals surface area contributed by atoms with Crippen molar-refractivity contribution in [1.82, 2.24) is 19.7 Å². The number of hydrogen-bond donors (Lipinski definition) is 1. The molecule has 3 rings (SSSR count).